The van der Waals surface area contributed by atoms with Crippen LogP contribution in [-0.2, 0) is 13.5 Å². The molecule has 1 aromatic carbocycles. The van der Waals surface area contributed by atoms with Gasteiger partial charge in [-0.15, -0.1) is 0 Å². The van der Waals surface area contributed by atoms with Crippen LogP contribution in [0.1, 0.15) is 38.5 Å². The highest BCUT2D eigenvalue weighted by Crippen LogP contribution is 2.31. The lowest BCUT2D eigenvalue weighted by atomic mass is 10.1. The predicted molar refractivity (Wildman–Crippen MR) is 82.2 cm³/mol. The van der Waals surface area contributed by atoms with Gasteiger partial charge in [-0.25, -0.2) is 4.39 Å². The Balaban J connectivity index is 1.96. The lowest BCUT2D eigenvalue weighted by Crippen LogP contribution is -2.18. The Morgan fingerprint density at radius 2 is 2.09 bits per heavy atom. The van der Waals surface area contributed by atoms with E-state index in [1.807, 2.05) is 6.92 Å². The minimum atomic E-state index is -0.541. The molecule has 0 spiro atoms. The predicted octanol–water partition coefficient (Wildman–Crippen LogP) is 3.51. The summed E-state index contributed by atoms with van der Waals surface area (Å²) < 4.78 is 14.9. The Morgan fingerprint density at radius 3 is 2.77 bits per heavy atom. The first-order valence-corrected chi connectivity index (χ1v) is 7.25. The smallest absolute Gasteiger partial charge is 0.272 e. The molecule has 1 N–H and O–H groups in total. The van der Waals surface area contributed by atoms with Gasteiger partial charge in [0, 0.05) is 30.4 Å². The zero-order valence-corrected chi connectivity index (χ0v) is 12.9. The summed E-state index contributed by atoms with van der Waals surface area (Å²) in [4.78, 5) is 24.4. The van der Waals surface area contributed by atoms with Crippen molar-refractivity contribution in [3.05, 3.63) is 51.6 Å². The molecule has 6 heteroatoms. The molecule has 1 aromatic heterocycles. The van der Waals surface area contributed by atoms with Crippen LogP contribution in [0.15, 0.2) is 18.2 Å². The summed E-state index contributed by atoms with van der Waals surface area (Å²) in [5, 5.41) is 2.65. The summed E-state index contributed by atoms with van der Waals surface area (Å²) in [6.45, 7) is 1.83. The number of hydrogen-bond donors (Lipinski definition) is 1. The number of halogens is 2. The van der Waals surface area contributed by atoms with E-state index < -0.39 is 5.82 Å². The maximum atomic E-state index is 13.2. The van der Waals surface area contributed by atoms with Gasteiger partial charge in [-0.1, -0.05) is 11.6 Å². The first-order valence-electron chi connectivity index (χ1n) is 6.88. The highest BCUT2D eigenvalue weighted by molar-refractivity contribution is 6.31. The molecule has 0 saturated carbocycles. The Morgan fingerprint density at radius 1 is 1.36 bits per heavy atom. The number of carbonyl (C=O) groups is 2. The number of aromatic nitrogens is 1. The van der Waals surface area contributed by atoms with Gasteiger partial charge in [0.25, 0.3) is 5.91 Å². The van der Waals surface area contributed by atoms with Crippen LogP contribution in [-0.4, -0.2) is 16.3 Å². The topological polar surface area (TPSA) is 51.1 Å². The number of nitrogens with one attached hydrogen (secondary N) is 1. The highest BCUT2D eigenvalue weighted by atomic mass is 35.5. The number of fused-ring (bicyclic) bond motifs is 1. The molecule has 4 nitrogen and oxygen atoms in total. The SMILES string of the molecule is Cc1c2c(c(C(=O)Nc3ccc(F)c(Cl)c3)n1C)CCC2=O. The van der Waals surface area contributed by atoms with Crippen LogP contribution in [0.4, 0.5) is 10.1 Å². The molecule has 2 aromatic rings. The number of anilines is 1. The van der Waals surface area contributed by atoms with Crippen molar-refractivity contribution < 1.29 is 14.0 Å². The van der Waals surface area contributed by atoms with Crippen LogP contribution < -0.4 is 5.32 Å². The van der Waals surface area contributed by atoms with Gasteiger partial charge in [-0.05, 0) is 37.1 Å². The van der Waals surface area contributed by atoms with Gasteiger partial charge in [0.1, 0.15) is 11.5 Å². The van der Waals surface area contributed by atoms with Crippen molar-refractivity contribution in [3.63, 3.8) is 0 Å². The average Bonchev–Trinajstić information content (AvgIpc) is 2.95. The molecular weight excluding hydrogens is 307 g/mol. The minimum Gasteiger partial charge on any atom is -0.343 e. The molecule has 0 saturated heterocycles. The molecule has 1 aliphatic carbocycles. The monoisotopic (exact) mass is 320 g/mol. The number of rotatable bonds is 2. The fourth-order valence-corrected chi connectivity index (χ4v) is 3.09. The minimum absolute atomic E-state index is 0.0544. The van der Waals surface area contributed by atoms with Gasteiger partial charge < -0.3 is 9.88 Å². The molecule has 0 atom stereocenters. The largest absolute Gasteiger partial charge is 0.343 e. The van der Waals surface area contributed by atoms with Gasteiger partial charge in [0.15, 0.2) is 5.78 Å². The first kappa shape index (κ1) is 14.8. The van der Waals surface area contributed by atoms with Crippen LogP contribution in [0, 0.1) is 12.7 Å². The third-order valence-corrected chi connectivity index (χ3v) is 4.35. The number of benzene rings is 1. The first-order chi connectivity index (χ1) is 10.4. The number of amides is 1. The van der Waals surface area contributed by atoms with Crippen molar-refractivity contribution in [2.45, 2.75) is 19.8 Å². The molecule has 1 amide bonds. The van der Waals surface area contributed by atoms with E-state index in [1.54, 1.807) is 11.6 Å². The van der Waals surface area contributed by atoms with Crippen molar-refractivity contribution in [2.75, 3.05) is 5.32 Å². The molecule has 0 aliphatic heterocycles. The normalized spacial score (nSPS) is 13.4. The maximum Gasteiger partial charge on any atom is 0.272 e. The molecule has 3 rings (SSSR count). The van der Waals surface area contributed by atoms with Crippen LogP contribution in [0.2, 0.25) is 5.02 Å². The zero-order valence-electron chi connectivity index (χ0n) is 12.2. The third-order valence-electron chi connectivity index (χ3n) is 4.06. The number of hydrogen-bond acceptors (Lipinski definition) is 2. The molecule has 22 heavy (non-hydrogen) atoms. The molecule has 114 valence electrons. The number of nitrogens with zero attached hydrogens (tertiary/aromatic N) is 1. The van der Waals surface area contributed by atoms with Crippen molar-refractivity contribution in [2.24, 2.45) is 7.05 Å². The molecule has 0 radical (unpaired) electrons. The quantitative estimate of drug-likeness (QED) is 0.920. The molecule has 0 unspecified atom stereocenters. The molecule has 1 heterocycles. The summed E-state index contributed by atoms with van der Waals surface area (Å²) in [6.07, 6.45) is 1.01. The van der Waals surface area contributed by atoms with Crippen LogP contribution >= 0.6 is 11.6 Å². The summed E-state index contributed by atoms with van der Waals surface area (Å²) in [7, 11) is 1.76. The molecule has 1 aliphatic rings. The van der Waals surface area contributed by atoms with Crippen LogP contribution in [0.5, 0.6) is 0 Å². The Hall–Kier alpha value is -2.14. The summed E-state index contributed by atoms with van der Waals surface area (Å²) >= 11 is 5.72. The van der Waals surface area contributed by atoms with E-state index in [0.717, 1.165) is 11.3 Å². The highest BCUT2D eigenvalue weighted by Gasteiger charge is 2.31. The second-order valence-electron chi connectivity index (χ2n) is 5.35. The van der Waals surface area contributed by atoms with E-state index in [0.29, 0.717) is 29.8 Å². The van der Waals surface area contributed by atoms with Gasteiger partial charge in [0.2, 0.25) is 0 Å². The van der Waals surface area contributed by atoms with Gasteiger partial charge >= 0.3 is 0 Å². The van der Waals surface area contributed by atoms with E-state index in [1.165, 1.54) is 18.2 Å². The summed E-state index contributed by atoms with van der Waals surface area (Å²) in [6, 6.07) is 4.00. The number of ketones is 1. The zero-order chi connectivity index (χ0) is 16.0. The van der Waals surface area contributed by atoms with Crippen molar-refractivity contribution in [1.29, 1.82) is 0 Å². The Bertz CT molecular complexity index is 811. The second-order valence-corrected chi connectivity index (χ2v) is 5.76. The second kappa shape index (κ2) is 5.25. The molecule has 0 fully saturated rings. The Kier molecular flexibility index (Phi) is 3.53. The van der Waals surface area contributed by atoms with Crippen LogP contribution in [0.3, 0.4) is 0 Å². The fourth-order valence-electron chi connectivity index (χ4n) is 2.91. The molecular formula is C16H14ClFN2O2. The Labute approximate surface area is 131 Å². The number of Topliss-reactive ketones (excluding diaryl/α,β-unsaturated/α-hetero) is 1. The summed E-state index contributed by atoms with van der Waals surface area (Å²) in [5.41, 5.74) is 3.12. The van der Waals surface area contributed by atoms with E-state index >= 15 is 0 Å². The van der Waals surface area contributed by atoms with E-state index in [2.05, 4.69) is 5.32 Å². The van der Waals surface area contributed by atoms with E-state index in [9.17, 15) is 14.0 Å². The fraction of sp³-hybridized carbons (Fsp3) is 0.250. The standard InChI is InChI=1S/C16H14ClFN2O2/c1-8-14-10(4-6-13(14)21)15(20(8)2)16(22)19-9-3-5-12(18)11(17)7-9/h3,5,7H,4,6H2,1-2H3,(H,19,22). The summed E-state index contributed by atoms with van der Waals surface area (Å²) in [5.74, 6) is -0.794. The van der Waals surface area contributed by atoms with Gasteiger partial charge in [0.05, 0.1) is 5.02 Å². The maximum absolute atomic E-state index is 13.2. The van der Waals surface area contributed by atoms with E-state index in [-0.39, 0.29) is 16.7 Å². The number of carbonyl (C=O) groups excluding carboxylic acids is 2. The van der Waals surface area contributed by atoms with Crippen molar-refractivity contribution in [1.82, 2.24) is 4.57 Å². The average molecular weight is 321 g/mol. The van der Waals surface area contributed by atoms with Crippen molar-refractivity contribution in [3.8, 4) is 0 Å². The lowest BCUT2D eigenvalue weighted by molar-refractivity contribution is 0.0989. The van der Waals surface area contributed by atoms with E-state index in [4.69, 9.17) is 11.6 Å². The lowest BCUT2D eigenvalue weighted by Gasteiger charge is -2.09. The molecule has 0 bridgehead atoms. The third kappa shape index (κ3) is 2.22. The van der Waals surface area contributed by atoms with Gasteiger partial charge in [-0.2, -0.15) is 0 Å². The van der Waals surface area contributed by atoms with Gasteiger partial charge in [-0.3, -0.25) is 9.59 Å². The van der Waals surface area contributed by atoms with Crippen LogP contribution in [0.25, 0.3) is 0 Å². The van der Waals surface area contributed by atoms with Crippen molar-refractivity contribution >= 4 is 29.0 Å².